The number of nitrogens with two attached hydrogens (primary N) is 1. The van der Waals surface area contributed by atoms with Gasteiger partial charge in [0.15, 0.2) is 5.13 Å². The van der Waals surface area contributed by atoms with E-state index in [1.165, 1.54) is 11.3 Å². The van der Waals surface area contributed by atoms with Gasteiger partial charge in [0.25, 0.3) is 0 Å². The van der Waals surface area contributed by atoms with Gasteiger partial charge in [-0.1, -0.05) is 0 Å². The van der Waals surface area contributed by atoms with Crippen molar-refractivity contribution in [3.8, 4) is 0 Å². The van der Waals surface area contributed by atoms with Crippen molar-refractivity contribution in [3.05, 3.63) is 35.3 Å². The molecule has 6 heteroatoms. The van der Waals surface area contributed by atoms with E-state index in [9.17, 15) is 4.79 Å². The Hall–Kier alpha value is -2.08. The highest BCUT2D eigenvalue weighted by Crippen LogP contribution is 2.21. The third kappa shape index (κ3) is 3.96. The number of carbonyl (C=O) groups is 1. The number of carbonyl (C=O) groups excluding carboxylic acids is 1. The van der Waals surface area contributed by atoms with Crippen molar-refractivity contribution in [2.75, 3.05) is 17.7 Å². The Balaban J connectivity index is 1.97. The Morgan fingerprint density at radius 2 is 2.16 bits per heavy atom. The number of nitrogens with one attached hydrogen (secondary N) is 1. The van der Waals surface area contributed by atoms with Crippen LogP contribution in [0.5, 0.6) is 0 Å². The monoisotopic (exact) mass is 277 g/mol. The van der Waals surface area contributed by atoms with Gasteiger partial charge >= 0.3 is 5.97 Å². The zero-order valence-electron chi connectivity index (χ0n) is 10.6. The van der Waals surface area contributed by atoms with E-state index in [0.717, 1.165) is 10.8 Å². The Morgan fingerprint density at radius 1 is 1.42 bits per heavy atom. The average molecular weight is 277 g/mol. The summed E-state index contributed by atoms with van der Waals surface area (Å²) in [6, 6.07) is 7.38. The van der Waals surface area contributed by atoms with Crippen molar-refractivity contribution >= 4 is 33.8 Å². The second kappa shape index (κ2) is 6.19. The number of rotatable bonds is 5. The van der Waals surface area contributed by atoms with Gasteiger partial charge < -0.3 is 15.8 Å². The number of aromatic nitrogens is 1. The summed E-state index contributed by atoms with van der Waals surface area (Å²) >= 11 is 1.45. The molecule has 1 aromatic carbocycles. The van der Waals surface area contributed by atoms with E-state index in [-0.39, 0.29) is 12.4 Å². The highest BCUT2D eigenvalue weighted by Gasteiger charge is 2.08. The lowest BCUT2D eigenvalue weighted by Gasteiger charge is -2.02. The lowest BCUT2D eigenvalue weighted by Crippen LogP contribution is -2.07. The second-order valence-electron chi connectivity index (χ2n) is 3.87. The molecular formula is C13H15N3O2S. The van der Waals surface area contributed by atoms with Gasteiger partial charge in [0.1, 0.15) is 0 Å². The molecule has 0 atom stereocenters. The number of anilines is 3. The number of benzene rings is 1. The normalized spacial score (nSPS) is 10.2. The predicted molar refractivity (Wildman–Crippen MR) is 76.6 cm³/mol. The summed E-state index contributed by atoms with van der Waals surface area (Å²) in [6.45, 7) is 2.17. The quantitative estimate of drug-likeness (QED) is 0.649. The summed E-state index contributed by atoms with van der Waals surface area (Å²) in [6.07, 6.45) is 0.202. The number of hydrogen-bond donors (Lipinski definition) is 2. The van der Waals surface area contributed by atoms with E-state index < -0.39 is 0 Å². The standard InChI is InChI=1S/C13H15N3O2S/c1-2-18-12(17)7-11-8-19-13(16-11)15-10-5-3-9(14)4-6-10/h3-6,8H,2,7,14H2,1H3,(H,15,16). The fourth-order valence-corrected chi connectivity index (χ4v) is 2.23. The largest absolute Gasteiger partial charge is 0.466 e. The van der Waals surface area contributed by atoms with Gasteiger partial charge in [-0.25, -0.2) is 4.98 Å². The lowest BCUT2D eigenvalue weighted by atomic mass is 10.3. The number of nitrogen functional groups attached to an aromatic ring is 1. The Labute approximate surface area is 115 Å². The van der Waals surface area contributed by atoms with Crippen molar-refractivity contribution in [2.24, 2.45) is 0 Å². The fraction of sp³-hybridized carbons (Fsp3) is 0.231. The molecule has 0 spiro atoms. The molecule has 3 N–H and O–H groups in total. The van der Waals surface area contributed by atoms with Gasteiger partial charge in [0.2, 0.25) is 0 Å². The number of nitrogens with zero attached hydrogens (tertiary/aromatic N) is 1. The van der Waals surface area contributed by atoms with Gasteiger partial charge in [-0.3, -0.25) is 4.79 Å². The van der Waals surface area contributed by atoms with Gasteiger partial charge in [-0.05, 0) is 31.2 Å². The van der Waals surface area contributed by atoms with Crippen molar-refractivity contribution in [2.45, 2.75) is 13.3 Å². The summed E-state index contributed by atoms with van der Waals surface area (Å²) in [5, 5.41) is 5.74. The van der Waals surface area contributed by atoms with Crippen LogP contribution >= 0.6 is 11.3 Å². The third-order valence-corrected chi connectivity index (χ3v) is 3.15. The van der Waals surface area contributed by atoms with Gasteiger partial charge in [0.05, 0.1) is 18.7 Å². The summed E-state index contributed by atoms with van der Waals surface area (Å²) in [7, 11) is 0. The van der Waals surface area contributed by atoms with E-state index in [0.29, 0.717) is 18.0 Å². The lowest BCUT2D eigenvalue weighted by molar-refractivity contribution is -0.142. The Morgan fingerprint density at radius 3 is 2.84 bits per heavy atom. The topological polar surface area (TPSA) is 77.2 Å². The minimum absolute atomic E-state index is 0.202. The Kier molecular flexibility index (Phi) is 4.35. The maximum atomic E-state index is 11.3. The highest BCUT2D eigenvalue weighted by atomic mass is 32.1. The molecule has 0 saturated heterocycles. The van der Waals surface area contributed by atoms with Gasteiger partial charge in [-0.15, -0.1) is 11.3 Å². The summed E-state index contributed by atoms with van der Waals surface area (Å²) in [4.78, 5) is 15.7. The minimum atomic E-state index is -0.258. The molecule has 0 aliphatic heterocycles. The first-order valence-corrected chi connectivity index (χ1v) is 6.78. The molecule has 1 heterocycles. The zero-order valence-corrected chi connectivity index (χ0v) is 11.4. The molecule has 100 valence electrons. The third-order valence-electron chi connectivity index (χ3n) is 2.34. The van der Waals surface area contributed by atoms with Gasteiger partial charge in [0, 0.05) is 16.8 Å². The minimum Gasteiger partial charge on any atom is -0.466 e. The molecular weight excluding hydrogens is 262 g/mol. The molecule has 2 rings (SSSR count). The summed E-state index contributed by atoms with van der Waals surface area (Å²) in [5.41, 5.74) is 7.95. The molecule has 0 bridgehead atoms. The van der Waals surface area contributed by atoms with Crippen molar-refractivity contribution in [1.29, 1.82) is 0 Å². The van der Waals surface area contributed by atoms with Crippen LogP contribution in [0.1, 0.15) is 12.6 Å². The van der Waals surface area contributed by atoms with E-state index in [1.54, 1.807) is 6.92 Å². The Bertz CT molecular complexity index is 551. The average Bonchev–Trinajstić information content (AvgIpc) is 2.80. The number of hydrogen-bond acceptors (Lipinski definition) is 6. The van der Waals surface area contributed by atoms with E-state index in [2.05, 4.69) is 10.3 Å². The highest BCUT2D eigenvalue weighted by molar-refractivity contribution is 7.13. The maximum absolute atomic E-state index is 11.3. The van der Waals surface area contributed by atoms with Crippen LogP contribution in [0.2, 0.25) is 0 Å². The number of thiazole rings is 1. The summed E-state index contributed by atoms with van der Waals surface area (Å²) in [5.74, 6) is -0.258. The van der Waals surface area contributed by atoms with Crippen LogP contribution in [0, 0.1) is 0 Å². The molecule has 2 aromatic rings. The molecule has 19 heavy (non-hydrogen) atoms. The molecule has 0 aliphatic rings. The van der Waals surface area contributed by atoms with Crippen LogP contribution < -0.4 is 11.1 Å². The van der Waals surface area contributed by atoms with Crippen LogP contribution in [0.15, 0.2) is 29.6 Å². The van der Waals surface area contributed by atoms with Gasteiger partial charge in [-0.2, -0.15) is 0 Å². The molecule has 0 aliphatic carbocycles. The zero-order chi connectivity index (χ0) is 13.7. The molecule has 1 aromatic heterocycles. The first-order chi connectivity index (χ1) is 9.17. The van der Waals surface area contributed by atoms with Crippen LogP contribution in [0.3, 0.4) is 0 Å². The fourth-order valence-electron chi connectivity index (χ4n) is 1.50. The smallest absolute Gasteiger partial charge is 0.311 e. The van der Waals surface area contributed by atoms with Crippen LogP contribution in [0.4, 0.5) is 16.5 Å². The van der Waals surface area contributed by atoms with Crippen molar-refractivity contribution in [1.82, 2.24) is 4.98 Å². The second-order valence-corrected chi connectivity index (χ2v) is 4.73. The first kappa shape index (κ1) is 13.4. The SMILES string of the molecule is CCOC(=O)Cc1csc(Nc2ccc(N)cc2)n1. The first-order valence-electron chi connectivity index (χ1n) is 5.90. The number of ether oxygens (including phenoxy) is 1. The van der Waals surface area contributed by atoms with Crippen LogP contribution in [0.25, 0.3) is 0 Å². The molecule has 0 saturated carbocycles. The number of esters is 1. The maximum Gasteiger partial charge on any atom is 0.311 e. The molecule has 0 unspecified atom stereocenters. The van der Waals surface area contributed by atoms with E-state index in [4.69, 9.17) is 10.5 Å². The van der Waals surface area contributed by atoms with Crippen LogP contribution in [-0.2, 0) is 16.0 Å². The molecule has 5 nitrogen and oxygen atoms in total. The van der Waals surface area contributed by atoms with Crippen LogP contribution in [-0.4, -0.2) is 17.6 Å². The van der Waals surface area contributed by atoms with E-state index >= 15 is 0 Å². The summed E-state index contributed by atoms with van der Waals surface area (Å²) < 4.78 is 4.88. The van der Waals surface area contributed by atoms with Crippen molar-refractivity contribution < 1.29 is 9.53 Å². The van der Waals surface area contributed by atoms with E-state index in [1.807, 2.05) is 29.6 Å². The molecule has 0 fully saturated rings. The van der Waals surface area contributed by atoms with Crippen molar-refractivity contribution in [3.63, 3.8) is 0 Å². The molecule has 0 radical (unpaired) electrons. The molecule has 0 amide bonds. The predicted octanol–water partition coefficient (Wildman–Crippen LogP) is 2.57.